The van der Waals surface area contributed by atoms with E-state index < -0.39 is 0 Å². The van der Waals surface area contributed by atoms with Crippen LogP contribution in [-0.2, 0) is 0 Å². The van der Waals surface area contributed by atoms with Crippen LogP contribution in [0.2, 0.25) is 0 Å². The molecule has 0 saturated carbocycles. The number of allylic oxidation sites excluding steroid dienone is 10. The Morgan fingerprint density at radius 3 is 2.36 bits per heavy atom. The fourth-order valence-corrected chi connectivity index (χ4v) is 1.64. The summed E-state index contributed by atoms with van der Waals surface area (Å²) in [7, 11) is 0. The summed E-state index contributed by atoms with van der Waals surface area (Å²) in [6, 6.07) is 0. The fourth-order valence-electron chi connectivity index (χ4n) is 1.64. The maximum absolute atomic E-state index is 3.98. The normalized spacial score (nSPS) is 20.9. The second-order valence-corrected chi connectivity index (χ2v) is 3.72. The van der Waals surface area contributed by atoms with E-state index in [1.54, 1.807) is 0 Å². The van der Waals surface area contributed by atoms with Crippen molar-refractivity contribution in [2.24, 2.45) is 0 Å². The van der Waals surface area contributed by atoms with E-state index in [2.05, 4.69) is 49.6 Å². The van der Waals surface area contributed by atoms with Gasteiger partial charge in [-0.3, -0.25) is 0 Å². The molecule has 0 saturated heterocycles. The predicted molar refractivity (Wildman–Crippen MR) is 62.0 cm³/mol. The van der Waals surface area contributed by atoms with Crippen molar-refractivity contribution in [3.05, 3.63) is 71.9 Å². The molecule has 0 aromatic rings. The molecule has 0 fully saturated rings. The van der Waals surface area contributed by atoms with Gasteiger partial charge in [-0.05, 0) is 24.0 Å². The molecule has 0 aromatic carbocycles. The largest absolute Gasteiger partial charge is 0.0955 e. The average molecular weight is 182 g/mol. The van der Waals surface area contributed by atoms with Crippen molar-refractivity contribution in [1.82, 2.24) is 0 Å². The molecule has 0 amide bonds. The molecule has 0 aliphatic heterocycles. The SMILES string of the molecule is C=C1C=CC(C2=CC(=C)CC=C2)=CC1. The quantitative estimate of drug-likeness (QED) is 0.577. The van der Waals surface area contributed by atoms with Crippen molar-refractivity contribution < 1.29 is 0 Å². The highest BCUT2D eigenvalue weighted by atomic mass is 14.1. The lowest BCUT2D eigenvalue weighted by Crippen LogP contribution is -1.93. The van der Waals surface area contributed by atoms with E-state index in [1.807, 2.05) is 0 Å². The van der Waals surface area contributed by atoms with E-state index in [4.69, 9.17) is 0 Å². The van der Waals surface area contributed by atoms with E-state index in [1.165, 1.54) is 22.3 Å². The molecule has 2 rings (SSSR count). The average Bonchev–Trinajstić information content (AvgIpc) is 2.19. The summed E-state index contributed by atoms with van der Waals surface area (Å²) < 4.78 is 0. The maximum atomic E-state index is 3.98. The van der Waals surface area contributed by atoms with E-state index >= 15 is 0 Å². The lowest BCUT2D eigenvalue weighted by atomic mass is 9.93. The van der Waals surface area contributed by atoms with Gasteiger partial charge in [-0.15, -0.1) is 0 Å². The van der Waals surface area contributed by atoms with Gasteiger partial charge in [0.15, 0.2) is 0 Å². The molecule has 14 heavy (non-hydrogen) atoms. The van der Waals surface area contributed by atoms with Gasteiger partial charge in [0, 0.05) is 0 Å². The molecule has 2 aliphatic carbocycles. The molecule has 0 spiro atoms. The van der Waals surface area contributed by atoms with Crippen LogP contribution in [0.1, 0.15) is 12.8 Å². The van der Waals surface area contributed by atoms with Crippen LogP contribution in [0.4, 0.5) is 0 Å². The van der Waals surface area contributed by atoms with Crippen LogP contribution in [0, 0.1) is 0 Å². The van der Waals surface area contributed by atoms with Crippen LogP contribution in [-0.4, -0.2) is 0 Å². The third kappa shape index (κ3) is 1.85. The van der Waals surface area contributed by atoms with Crippen molar-refractivity contribution >= 4 is 0 Å². The second kappa shape index (κ2) is 3.67. The fraction of sp³-hybridized carbons (Fsp3) is 0.143. The summed E-state index contributed by atoms with van der Waals surface area (Å²) in [4.78, 5) is 0. The summed E-state index contributed by atoms with van der Waals surface area (Å²) in [6.07, 6.45) is 14.9. The minimum Gasteiger partial charge on any atom is -0.0955 e. The van der Waals surface area contributed by atoms with Gasteiger partial charge >= 0.3 is 0 Å². The minimum atomic E-state index is 0.962. The highest BCUT2D eigenvalue weighted by Crippen LogP contribution is 2.25. The molecule has 0 nitrogen and oxygen atoms in total. The molecule has 0 radical (unpaired) electrons. The number of rotatable bonds is 1. The van der Waals surface area contributed by atoms with Gasteiger partial charge < -0.3 is 0 Å². The molecule has 0 heteroatoms. The van der Waals surface area contributed by atoms with E-state index in [9.17, 15) is 0 Å². The first-order valence-electron chi connectivity index (χ1n) is 4.88. The smallest absolute Gasteiger partial charge is 0.00941 e. The van der Waals surface area contributed by atoms with Crippen molar-refractivity contribution in [2.45, 2.75) is 12.8 Å². The Morgan fingerprint density at radius 1 is 0.857 bits per heavy atom. The number of hydrogen-bond acceptors (Lipinski definition) is 0. The molecule has 70 valence electrons. The molecule has 0 atom stereocenters. The Labute approximate surface area is 85.3 Å². The summed E-state index contributed by atoms with van der Waals surface area (Å²) in [5, 5.41) is 0. The first-order chi connectivity index (χ1) is 6.75. The third-order valence-electron chi connectivity index (χ3n) is 2.45. The Bertz CT molecular complexity index is 398. The van der Waals surface area contributed by atoms with Gasteiger partial charge in [0.2, 0.25) is 0 Å². The van der Waals surface area contributed by atoms with Crippen molar-refractivity contribution in [1.29, 1.82) is 0 Å². The van der Waals surface area contributed by atoms with Gasteiger partial charge in [-0.1, -0.05) is 60.8 Å². The molecule has 0 bridgehead atoms. The summed E-state index contributed by atoms with van der Waals surface area (Å²) in [5.74, 6) is 0. The Kier molecular flexibility index (Phi) is 2.36. The first kappa shape index (κ1) is 9.01. The molecule has 0 unspecified atom stereocenters. The van der Waals surface area contributed by atoms with E-state index in [0.717, 1.165) is 12.8 Å². The molecular formula is C14H14. The van der Waals surface area contributed by atoms with Crippen LogP contribution in [0.25, 0.3) is 0 Å². The zero-order chi connectivity index (χ0) is 9.97. The Morgan fingerprint density at radius 2 is 1.71 bits per heavy atom. The standard InChI is InChI=1S/C14H14/c1-11-6-8-13(9-7-11)14-5-3-4-12(2)10-14/h3,5-6,8-10H,1-2,4,7H2. The monoisotopic (exact) mass is 182 g/mol. The minimum absolute atomic E-state index is 0.962. The predicted octanol–water partition coefficient (Wildman–Crippen LogP) is 3.87. The maximum Gasteiger partial charge on any atom is -0.00941 e. The lowest BCUT2D eigenvalue weighted by Gasteiger charge is -2.13. The third-order valence-corrected chi connectivity index (χ3v) is 2.45. The van der Waals surface area contributed by atoms with Gasteiger partial charge in [-0.25, -0.2) is 0 Å². The molecular weight excluding hydrogens is 168 g/mol. The van der Waals surface area contributed by atoms with Crippen molar-refractivity contribution in [3.8, 4) is 0 Å². The van der Waals surface area contributed by atoms with Crippen LogP contribution < -0.4 is 0 Å². The van der Waals surface area contributed by atoms with Gasteiger partial charge in [-0.2, -0.15) is 0 Å². The lowest BCUT2D eigenvalue weighted by molar-refractivity contribution is 1.21. The van der Waals surface area contributed by atoms with Gasteiger partial charge in [0.05, 0.1) is 0 Å². The summed E-state index contributed by atoms with van der Waals surface area (Å²) in [5.41, 5.74) is 4.91. The highest BCUT2D eigenvalue weighted by Gasteiger charge is 2.06. The van der Waals surface area contributed by atoms with Gasteiger partial charge in [0.25, 0.3) is 0 Å². The van der Waals surface area contributed by atoms with Crippen LogP contribution >= 0.6 is 0 Å². The van der Waals surface area contributed by atoms with E-state index in [-0.39, 0.29) is 0 Å². The topological polar surface area (TPSA) is 0 Å². The molecule has 0 N–H and O–H groups in total. The van der Waals surface area contributed by atoms with Crippen molar-refractivity contribution in [2.75, 3.05) is 0 Å². The first-order valence-corrected chi connectivity index (χ1v) is 4.88. The highest BCUT2D eigenvalue weighted by molar-refractivity contribution is 5.54. The zero-order valence-electron chi connectivity index (χ0n) is 8.29. The Hall–Kier alpha value is -1.56. The van der Waals surface area contributed by atoms with Crippen LogP contribution in [0.15, 0.2) is 71.9 Å². The van der Waals surface area contributed by atoms with Gasteiger partial charge in [0.1, 0.15) is 0 Å². The molecule has 2 aliphatic rings. The summed E-state index contributed by atoms with van der Waals surface area (Å²) in [6.45, 7) is 7.90. The Balaban J connectivity index is 2.25. The molecule has 0 aromatic heterocycles. The summed E-state index contributed by atoms with van der Waals surface area (Å²) >= 11 is 0. The van der Waals surface area contributed by atoms with Crippen LogP contribution in [0.3, 0.4) is 0 Å². The van der Waals surface area contributed by atoms with E-state index in [0.29, 0.717) is 0 Å². The van der Waals surface area contributed by atoms with Crippen LogP contribution in [0.5, 0.6) is 0 Å². The zero-order valence-corrected chi connectivity index (χ0v) is 8.29. The second-order valence-electron chi connectivity index (χ2n) is 3.72. The number of hydrogen-bond donors (Lipinski definition) is 0. The molecule has 0 heterocycles. The van der Waals surface area contributed by atoms with Crippen molar-refractivity contribution in [3.63, 3.8) is 0 Å².